The minimum absolute atomic E-state index is 0.0576. The molecule has 1 spiro atoms. The Morgan fingerprint density at radius 3 is 2.42 bits per heavy atom. The van der Waals surface area contributed by atoms with Crippen molar-refractivity contribution in [3.05, 3.63) is 41.6 Å². The molecule has 1 aromatic heterocycles. The Hall–Kier alpha value is -2.23. The molecule has 0 N–H and O–H groups in total. The highest BCUT2D eigenvalue weighted by atomic mass is 32.2. The molecule has 0 aliphatic carbocycles. The quantitative estimate of drug-likeness (QED) is 0.719. The van der Waals surface area contributed by atoms with Gasteiger partial charge in [-0.1, -0.05) is 29.8 Å². The highest BCUT2D eigenvalue weighted by Gasteiger charge is 2.41. The molecule has 4 heterocycles. The van der Waals surface area contributed by atoms with Crippen LogP contribution in [0, 0.1) is 6.92 Å². The van der Waals surface area contributed by atoms with Crippen LogP contribution < -0.4 is 0 Å². The van der Waals surface area contributed by atoms with Crippen LogP contribution in [0.4, 0.5) is 0 Å². The van der Waals surface area contributed by atoms with Crippen molar-refractivity contribution in [2.24, 2.45) is 0 Å². The van der Waals surface area contributed by atoms with Crippen molar-refractivity contribution < 1.29 is 22.7 Å². The van der Waals surface area contributed by atoms with E-state index in [0.717, 1.165) is 16.8 Å². The van der Waals surface area contributed by atoms with Crippen LogP contribution in [-0.2, 0) is 19.3 Å². The summed E-state index contributed by atoms with van der Waals surface area (Å²) in [5, 5.41) is 4.62. The first-order valence-corrected chi connectivity index (χ1v) is 12.6. The van der Waals surface area contributed by atoms with Crippen LogP contribution in [-0.4, -0.2) is 72.6 Å². The molecule has 0 bridgehead atoms. The van der Waals surface area contributed by atoms with Crippen LogP contribution in [0.1, 0.15) is 41.4 Å². The Labute approximate surface area is 182 Å². The molecule has 3 fully saturated rings. The lowest BCUT2D eigenvalue weighted by Crippen LogP contribution is -2.47. The van der Waals surface area contributed by atoms with E-state index in [1.54, 1.807) is 15.6 Å². The average molecular weight is 446 g/mol. The zero-order valence-electron chi connectivity index (χ0n) is 17.6. The molecular formula is C22H27N3O5S. The lowest BCUT2D eigenvalue weighted by molar-refractivity contribution is -0.181. The summed E-state index contributed by atoms with van der Waals surface area (Å²) in [4.78, 5) is 15.0. The van der Waals surface area contributed by atoms with E-state index >= 15 is 0 Å². The summed E-state index contributed by atoms with van der Waals surface area (Å²) in [6, 6.07) is 9.52. The molecule has 3 aliphatic rings. The van der Waals surface area contributed by atoms with Gasteiger partial charge in [0.15, 0.2) is 21.3 Å². The molecule has 5 rings (SSSR count). The van der Waals surface area contributed by atoms with Crippen LogP contribution in [0.2, 0.25) is 0 Å². The zero-order valence-corrected chi connectivity index (χ0v) is 18.4. The second-order valence-electron chi connectivity index (χ2n) is 8.68. The van der Waals surface area contributed by atoms with Crippen LogP contribution in [0.15, 0.2) is 30.3 Å². The van der Waals surface area contributed by atoms with Gasteiger partial charge in [-0.05, 0) is 25.0 Å². The number of sulfone groups is 1. The monoisotopic (exact) mass is 445 g/mol. The van der Waals surface area contributed by atoms with Gasteiger partial charge in [-0.2, -0.15) is 5.10 Å². The van der Waals surface area contributed by atoms with Crippen molar-refractivity contribution in [3.8, 4) is 11.3 Å². The third-order valence-corrected chi connectivity index (χ3v) is 8.23. The van der Waals surface area contributed by atoms with E-state index in [2.05, 4.69) is 5.10 Å². The van der Waals surface area contributed by atoms with Crippen molar-refractivity contribution in [2.75, 3.05) is 37.8 Å². The number of nitrogens with zero attached hydrogens (tertiary/aromatic N) is 3. The first kappa shape index (κ1) is 20.7. The fourth-order valence-corrected chi connectivity index (χ4v) is 6.38. The van der Waals surface area contributed by atoms with Crippen molar-refractivity contribution in [3.63, 3.8) is 0 Å². The summed E-state index contributed by atoms with van der Waals surface area (Å²) in [7, 11) is -3.08. The van der Waals surface area contributed by atoms with Gasteiger partial charge in [0.25, 0.3) is 5.91 Å². The van der Waals surface area contributed by atoms with E-state index < -0.39 is 15.6 Å². The number of carbonyl (C=O) groups excluding carboxylic acids is 1. The van der Waals surface area contributed by atoms with Gasteiger partial charge in [0.1, 0.15) is 0 Å². The number of aromatic nitrogens is 2. The summed E-state index contributed by atoms with van der Waals surface area (Å²) >= 11 is 0. The maximum Gasteiger partial charge on any atom is 0.274 e. The van der Waals surface area contributed by atoms with E-state index in [4.69, 9.17) is 9.47 Å². The number of hydrogen-bond donors (Lipinski definition) is 0. The van der Waals surface area contributed by atoms with Gasteiger partial charge >= 0.3 is 0 Å². The smallest absolute Gasteiger partial charge is 0.274 e. The Morgan fingerprint density at radius 2 is 1.81 bits per heavy atom. The van der Waals surface area contributed by atoms with Gasteiger partial charge in [0.2, 0.25) is 0 Å². The topological polar surface area (TPSA) is 90.7 Å². The largest absolute Gasteiger partial charge is 0.347 e. The number of benzene rings is 1. The Kier molecular flexibility index (Phi) is 5.15. The lowest BCUT2D eigenvalue weighted by atomic mass is 10.0. The van der Waals surface area contributed by atoms with E-state index in [0.29, 0.717) is 51.3 Å². The average Bonchev–Trinajstić information content (AvgIpc) is 3.47. The number of carbonyl (C=O) groups is 1. The van der Waals surface area contributed by atoms with Crippen molar-refractivity contribution in [2.45, 2.75) is 38.0 Å². The normalized spacial score (nSPS) is 24.7. The van der Waals surface area contributed by atoms with Gasteiger partial charge in [-0.25, -0.2) is 8.42 Å². The molecular weight excluding hydrogens is 418 g/mol. The molecule has 1 amide bonds. The maximum absolute atomic E-state index is 13.2. The minimum Gasteiger partial charge on any atom is -0.347 e. The molecule has 0 radical (unpaired) electrons. The summed E-state index contributed by atoms with van der Waals surface area (Å²) in [6.07, 6.45) is 1.80. The predicted molar refractivity (Wildman–Crippen MR) is 114 cm³/mol. The molecule has 166 valence electrons. The Morgan fingerprint density at radius 1 is 1.13 bits per heavy atom. The first-order chi connectivity index (χ1) is 14.8. The van der Waals surface area contributed by atoms with Gasteiger partial charge < -0.3 is 14.4 Å². The number of likely N-dealkylation sites (tertiary alicyclic amines) is 1. The number of aryl methyl sites for hydroxylation is 1. The third-order valence-electron chi connectivity index (χ3n) is 6.48. The number of amides is 1. The van der Waals surface area contributed by atoms with Crippen molar-refractivity contribution in [1.29, 1.82) is 0 Å². The predicted octanol–water partition coefficient (Wildman–Crippen LogP) is 2.20. The second kappa shape index (κ2) is 7.72. The Bertz CT molecular complexity index is 1080. The van der Waals surface area contributed by atoms with Crippen LogP contribution in [0.25, 0.3) is 11.3 Å². The number of hydrogen-bond acceptors (Lipinski definition) is 6. The highest BCUT2D eigenvalue weighted by Crippen LogP contribution is 2.33. The molecule has 2 aromatic rings. The second-order valence-corrected chi connectivity index (χ2v) is 10.9. The summed E-state index contributed by atoms with van der Waals surface area (Å²) in [6.45, 7) is 4.30. The molecule has 8 nitrogen and oxygen atoms in total. The fourth-order valence-electron chi connectivity index (χ4n) is 4.68. The van der Waals surface area contributed by atoms with E-state index in [9.17, 15) is 13.2 Å². The van der Waals surface area contributed by atoms with E-state index in [-0.39, 0.29) is 23.5 Å². The molecule has 1 unspecified atom stereocenters. The molecule has 1 aromatic carbocycles. The number of rotatable bonds is 3. The summed E-state index contributed by atoms with van der Waals surface area (Å²) < 4.78 is 37.4. The highest BCUT2D eigenvalue weighted by molar-refractivity contribution is 7.91. The van der Waals surface area contributed by atoms with Crippen LogP contribution >= 0.6 is 0 Å². The molecule has 9 heteroatoms. The lowest BCUT2D eigenvalue weighted by Gasteiger charge is -2.37. The van der Waals surface area contributed by atoms with Gasteiger partial charge in [-0.3, -0.25) is 9.48 Å². The minimum atomic E-state index is -3.08. The maximum atomic E-state index is 13.2. The van der Waals surface area contributed by atoms with Gasteiger partial charge in [-0.15, -0.1) is 0 Å². The molecule has 3 saturated heterocycles. The molecule has 31 heavy (non-hydrogen) atoms. The van der Waals surface area contributed by atoms with Crippen molar-refractivity contribution in [1.82, 2.24) is 14.7 Å². The summed E-state index contributed by atoms with van der Waals surface area (Å²) in [5.74, 6) is -0.466. The number of ether oxygens (including phenoxy) is 2. The summed E-state index contributed by atoms with van der Waals surface area (Å²) in [5.41, 5.74) is 3.19. The molecule has 3 aliphatic heterocycles. The Balaban J connectivity index is 1.43. The number of piperidine rings is 1. The van der Waals surface area contributed by atoms with Crippen LogP contribution in [0.5, 0.6) is 0 Å². The van der Waals surface area contributed by atoms with Gasteiger partial charge in [0.05, 0.1) is 36.5 Å². The molecule has 0 saturated carbocycles. The van der Waals surface area contributed by atoms with Gasteiger partial charge in [0, 0.05) is 25.9 Å². The third kappa shape index (κ3) is 4.02. The standard InChI is InChI=1S/C22H27N3O5S/c1-16-2-4-17(5-3-16)20-14-19(23-25(20)18-6-13-31(27,28)15-18)21(26)24-9-7-22(8-10-24)29-11-12-30-22/h2-5,14,18H,6-13,15H2,1H3. The van der Waals surface area contributed by atoms with E-state index in [1.807, 2.05) is 31.2 Å². The molecule has 1 atom stereocenters. The SMILES string of the molecule is Cc1ccc(-c2cc(C(=O)N3CCC4(CC3)OCCO4)nn2C2CCS(=O)(=O)C2)cc1. The fraction of sp³-hybridized carbons (Fsp3) is 0.545. The zero-order chi connectivity index (χ0) is 21.6. The first-order valence-electron chi connectivity index (χ1n) is 10.8. The van der Waals surface area contributed by atoms with Crippen LogP contribution in [0.3, 0.4) is 0 Å². The van der Waals surface area contributed by atoms with Crippen molar-refractivity contribution >= 4 is 15.7 Å². The van der Waals surface area contributed by atoms with E-state index in [1.165, 1.54) is 0 Å².